The molecule has 0 bridgehead atoms. The maximum absolute atomic E-state index is 13.5. The minimum absolute atomic E-state index is 0.203. The van der Waals surface area contributed by atoms with Crippen molar-refractivity contribution < 1.29 is 4.39 Å². The Balaban J connectivity index is 1.92. The third-order valence-corrected chi connectivity index (χ3v) is 3.45. The van der Waals surface area contributed by atoms with E-state index in [0.29, 0.717) is 6.04 Å². The van der Waals surface area contributed by atoms with Crippen LogP contribution in [0.4, 0.5) is 4.39 Å². The van der Waals surface area contributed by atoms with E-state index in [4.69, 9.17) is 0 Å². The van der Waals surface area contributed by atoms with Crippen molar-refractivity contribution in [1.29, 1.82) is 0 Å². The van der Waals surface area contributed by atoms with Gasteiger partial charge in [0.2, 0.25) is 0 Å². The molecule has 2 nitrogen and oxygen atoms in total. The standard InChI is InChI=1S/C16H17FN2/c1-11-2-3-12(9-18-11)16-8-14(17)5-4-13(16)10-19-15-6-7-15/h2-5,8-9,15,19H,6-7,10H2,1H3. The van der Waals surface area contributed by atoms with Crippen LogP contribution in [0.3, 0.4) is 0 Å². The monoisotopic (exact) mass is 256 g/mol. The predicted octanol–water partition coefficient (Wildman–Crippen LogP) is 3.45. The second-order valence-corrected chi connectivity index (χ2v) is 5.14. The summed E-state index contributed by atoms with van der Waals surface area (Å²) in [5.74, 6) is -0.203. The molecule has 98 valence electrons. The van der Waals surface area contributed by atoms with E-state index in [1.807, 2.05) is 31.3 Å². The number of aryl methyl sites for hydroxylation is 1. The van der Waals surface area contributed by atoms with Crippen LogP contribution in [0, 0.1) is 12.7 Å². The van der Waals surface area contributed by atoms with Crippen molar-refractivity contribution in [1.82, 2.24) is 10.3 Å². The maximum atomic E-state index is 13.5. The topological polar surface area (TPSA) is 24.9 Å². The van der Waals surface area contributed by atoms with Crippen LogP contribution >= 0.6 is 0 Å². The molecule has 0 atom stereocenters. The Hall–Kier alpha value is -1.74. The molecule has 0 radical (unpaired) electrons. The zero-order chi connectivity index (χ0) is 13.2. The lowest BCUT2D eigenvalue weighted by atomic mass is 10.0. The highest BCUT2D eigenvalue weighted by atomic mass is 19.1. The van der Waals surface area contributed by atoms with Gasteiger partial charge in [-0.3, -0.25) is 4.98 Å². The van der Waals surface area contributed by atoms with Crippen LogP contribution in [0.2, 0.25) is 0 Å². The van der Waals surface area contributed by atoms with Crippen LogP contribution in [-0.2, 0) is 6.54 Å². The molecule has 0 saturated heterocycles. The molecule has 1 aromatic carbocycles. The third kappa shape index (κ3) is 2.99. The van der Waals surface area contributed by atoms with Crippen molar-refractivity contribution in [3.8, 4) is 11.1 Å². The number of nitrogens with one attached hydrogen (secondary N) is 1. The van der Waals surface area contributed by atoms with Crippen molar-refractivity contribution in [2.45, 2.75) is 32.4 Å². The van der Waals surface area contributed by atoms with Gasteiger partial charge in [0, 0.05) is 30.0 Å². The van der Waals surface area contributed by atoms with Gasteiger partial charge >= 0.3 is 0 Å². The van der Waals surface area contributed by atoms with E-state index >= 15 is 0 Å². The molecule has 2 aromatic rings. The van der Waals surface area contributed by atoms with Gasteiger partial charge in [-0.1, -0.05) is 12.1 Å². The number of aromatic nitrogens is 1. The minimum atomic E-state index is -0.203. The summed E-state index contributed by atoms with van der Waals surface area (Å²) in [5.41, 5.74) is 4.00. The number of benzene rings is 1. The van der Waals surface area contributed by atoms with Crippen molar-refractivity contribution in [2.75, 3.05) is 0 Å². The SMILES string of the molecule is Cc1ccc(-c2cc(F)ccc2CNC2CC2)cn1. The average Bonchev–Trinajstić information content (AvgIpc) is 3.22. The van der Waals surface area contributed by atoms with Crippen LogP contribution in [0.5, 0.6) is 0 Å². The van der Waals surface area contributed by atoms with E-state index < -0.39 is 0 Å². The molecule has 1 heterocycles. The minimum Gasteiger partial charge on any atom is -0.310 e. The lowest BCUT2D eigenvalue weighted by Gasteiger charge is -2.11. The Kier molecular flexibility index (Phi) is 3.30. The van der Waals surface area contributed by atoms with Crippen LogP contribution in [0.15, 0.2) is 36.5 Å². The molecule has 3 heteroatoms. The molecular formula is C16H17FN2. The van der Waals surface area contributed by atoms with Gasteiger partial charge in [-0.15, -0.1) is 0 Å². The zero-order valence-electron chi connectivity index (χ0n) is 11.0. The molecule has 1 fully saturated rings. The van der Waals surface area contributed by atoms with Crippen molar-refractivity contribution in [3.63, 3.8) is 0 Å². The molecule has 1 N–H and O–H groups in total. The Morgan fingerprint density at radius 2 is 2.11 bits per heavy atom. The normalized spacial score (nSPS) is 14.6. The first kappa shape index (κ1) is 12.3. The second-order valence-electron chi connectivity index (χ2n) is 5.14. The number of hydrogen-bond acceptors (Lipinski definition) is 2. The van der Waals surface area contributed by atoms with E-state index in [1.54, 1.807) is 6.07 Å². The lowest BCUT2D eigenvalue weighted by molar-refractivity contribution is 0.625. The van der Waals surface area contributed by atoms with Gasteiger partial charge in [-0.05, 0) is 49.1 Å². The highest BCUT2D eigenvalue weighted by molar-refractivity contribution is 5.66. The van der Waals surface area contributed by atoms with E-state index in [-0.39, 0.29) is 5.82 Å². The number of halogens is 1. The van der Waals surface area contributed by atoms with Gasteiger partial charge < -0.3 is 5.32 Å². The molecule has 0 amide bonds. The fourth-order valence-corrected chi connectivity index (χ4v) is 2.14. The Morgan fingerprint density at radius 1 is 1.26 bits per heavy atom. The first-order valence-electron chi connectivity index (χ1n) is 6.67. The molecule has 1 saturated carbocycles. The lowest BCUT2D eigenvalue weighted by Crippen LogP contribution is -2.16. The summed E-state index contributed by atoms with van der Waals surface area (Å²) in [6.45, 7) is 2.74. The third-order valence-electron chi connectivity index (χ3n) is 3.45. The van der Waals surface area contributed by atoms with E-state index in [2.05, 4.69) is 10.3 Å². The van der Waals surface area contributed by atoms with Gasteiger partial charge in [0.25, 0.3) is 0 Å². The summed E-state index contributed by atoms with van der Waals surface area (Å²) >= 11 is 0. The fourth-order valence-electron chi connectivity index (χ4n) is 2.14. The molecule has 19 heavy (non-hydrogen) atoms. The molecular weight excluding hydrogens is 239 g/mol. The Labute approximate surface area is 112 Å². The highest BCUT2D eigenvalue weighted by Crippen LogP contribution is 2.26. The molecule has 3 rings (SSSR count). The van der Waals surface area contributed by atoms with Crippen LogP contribution < -0.4 is 5.32 Å². The van der Waals surface area contributed by atoms with E-state index in [1.165, 1.54) is 18.9 Å². The van der Waals surface area contributed by atoms with E-state index in [9.17, 15) is 4.39 Å². The summed E-state index contributed by atoms with van der Waals surface area (Å²) < 4.78 is 13.5. The average molecular weight is 256 g/mol. The Bertz CT molecular complexity index is 574. The summed E-state index contributed by atoms with van der Waals surface area (Å²) in [6, 6.07) is 9.58. The molecule has 1 aromatic heterocycles. The molecule has 0 spiro atoms. The van der Waals surface area contributed by atoms with Crippen LogP contribution in [-0.4, -0.2) is 11.0 Å². The predicted molar refractivity (Wildman–Crippen MR) is 74.2 cm³/mol. The van der Waals surface area contributed by atoms with Crippen molar-refractivity contribution >= 4 is 0 Å². The highest BCUT2D eigenvalue weighted by Gasteiger charge is 2.20. The number of rotatable bonds is 4. The van der Waals surface area contributed by atoms with Crippen molar-refractivity contribution in [3.05, 3.63) is 53.6 Å². The van der Waals surface area contributed by atoms with Gasteiger partial charge in [0.15, 0.2) is 0 Å². The quantitative estimate of drug-likeness (QED) is 0.906. The fraction of sp³-hybridized carbons (Fsp3) is 0.312. The van der Waals surface area contributed by atoms with Gasteiger partial charge in [0.1, 0.15) is 5.82 Å². The van der Waals surface area contributed by atoms with E-state index in [0.717, 1.165) is 28.9 Å². The smallest absolute Gasteiger partial charge is 0.123 e. The summed E-state index contributed by atoms with van der Waals surface area (Å²) in [4.78, 5) is 4.29. The summed E-state index contributed by atoms with van der Waals surface area (Å²) in [5, 5.41) is 3.47. The first-order chi connectivity index (χ1) is 9.22. The second kappa shape index (κ2) is 5.10. The summed E-state index contributed by atoms with van der Waals surface area (Å²) in [6.07, 6.45) is 4.32. The molecule has 0 aliphatic heterocycles. The van der Waals surface area contributed by atoms with Gasteiger partial charge in [0.05, 0.1) is 0 Å². The Morgan fingerprint density at radius 3 is 2.79 bits per heavy atom. The van der Waals surface area contributed by atoms with Gasteiger partial charge in [-0.25, -0.2) is 4.39 Å². The van der Waals surface area contributed by atoms with Gasteiger partial charge in [-0.2, -0.15) is 0 Å². The van der Waals surface area contributed by atoms with Crippen LogP contribution in [0.1, 0.15) is 24.1 Å². The summed E-state index contributed by atoms with van der Waals surface area (Å²) in [7, 11) is 0. The number of hydrogen-bond donors (Lipinski definition) is 1. The largest absolute Gasteiger partial charge is 0.310 e. The number of nitrogens with zero attached hydrogens (tertiary/aromatic N) is 1. The van der Waals surface area contributed by atoms with Crippen LogP contribution in [0.25, 0.3) is 11.1 Å². The molecule has 0 unspecified atom stereocenters. The number of pyridine rings is 1. The first-order valence-corrected chi connectivity index (χ1v) is 6.67. The molecule has 1 aliphatic carbocycles. The molecule has 1 aliphatic rings. The van der Waals surface area contributed by atoms with Crippen molar-refractivity contribution in [2.24, 2.45) is 0 Å². The zero-order valence-corrected chi connectivity index (χ0v) is 11.0. The maximum Gasteiger partial charge on any atom is 0.123 e.